The maximum Gasteiger partial charge on any atom is 0.0848 e. The van der Waals surface area contributed by atoms with Crippen molar-refractivity contribution in [2.24, 2.45) is 0 Å². The second-order valence-electron chi connectivity index (χ2n) is 4.09. The molecule has 1 aromatic heterocycles. The zero-order chi connectivity index (χ0) is 13.5. The molecule has 0 aliphatic heterocycles. The van der Waals surface area contributed by atoms with Gasteiger partial charge in [-0.25, -0.2) is 0 Å². The van der Waals surface area contributed by atoms with Crippen LogP contribution >= 0.6 is 11.6 Å². The van der Waals surface area contributed by atoms with Gasteiger partial charge in [-0.3, -0.25) is 4.68 Å². The molecule has 0 fully saturated rings. The summed E-state index contributed by atoms with van der Waals surface area (Å²) in [4.78, 5) is 0. The Morgan fingerprint density at radius 1 is 1.44 bits per heavy atom. The van der Waals surface area contributed by atoms with Crippen molar-refractivity contribution < 1.29 is 14.6 Å². The number of halogens is 1. The minimum atomic E-state index is -0.583. The first-order chi connectivity index (χ1) is 8.60. The molecule has 0 amide bonds. The number of nitrogens with zero attached hydrogens (tertiary/aromatic N) is 2. The second-order valence-corrected chi connectivity index (χ2v) is 4.47. The van der Waals surface area contributed by atoms with Gasteiger partial charge in [0.15, 0.2) is 0 Å². The van der Waals surface area contributed by atoms with Gasteiger partial charge in [-0.15, -0.1) is 0 Å². The summed E-state index contributed by atoms with van der Waals surface area (Å²) < 4.78 is 12.0. The van der Waals surface area contributed by atoms with E-state index in [1.54, 1.807) is 7.11 Å². The predicted octanol–water partition coefficient (Wildman–Crippen LogP) is 1.43. The molecule has 1 unspecified atom stereocenters. The number of aliphatic hydroxyl groups excluding tert-OH is 1. The van der Waals surface area contributed by atoms with Crippen LogP contribution in [0.5, 0.6) is 0 Å². The number of aryl methyl sites for hydroxylation is 2. The highest BCUT2D eigenvalue weighted by molar-refractivity contribution is 6.31. The Morgan fingerprint density at radius 2 is 2.17 bits per heavy atom. The van der Waals surface area contributed by atoms with E-state index in [9.17, 15) is 5.11 Å². The van der Waals surface area contributed by atoms with E-state index >= 15 is 0 Å². The molecule has 1 aromatic rings. The van der Waals surface area contributed by atoms with Gasteiger partial charge in [0.2, 0.25) is 0 Å². The molecule has 6 heteroatoms. The highest BCUT2D eigenvalue weighted by atomic mass is 35.5. The highest BCUT2D eigenvalue weighted by Gasteiger charge is 2.16. The van der Waals surface area contributed by atoms with Gasteiger partial charge in [-0.2, -0.15) is 5.10 Å². The maximum atomic E-state index is 9.89. The summed E-state index contributed by atoms with van der Waals surface area (Å²) in [5.74, 6) is 0. The van der Waals surface area contributed by atoms with Crippen molar-refractivity contribution in [2.45, 2.75) is 32.9 Å². The van der Waals surface area contributed by atoms with Crippen molar-refractivity contribution in [3.05, 3.63) is 16.4 Å². The van der Waals surface area contributed by atoms with Crippen LogP contribution in [0, 0.1) is 6.92 Å². The maximum absolute atomic E-state index is 9.89. The standard InChI is InChI=1S/C12H21ClN2O3/c1-4-15-11(12(13)9(2)14-15)7-10(16)8-18-6-5-17-3/h10,16H,4-8H2,1-3H3. The van der Waals surface area contributed by atoms with Crippen molar-refractivity contribution in [2.75, 3.05) is 26.9 Å². The largest absolute Gasteiger partial charge is 0.390 e. The molecule has 5 nitrogen and oxygen atoms in total. The molecule has 1 heterocycles. The molecule has 0 aliphatic rings. The Bertz CT molecular complexity index is 368. The second kappa shape index (κ2) is 7.74. The van der Waals surface area contributed by atoms with Crippen molar-refractivity contribution in [1.29, 1.82) is 0 Å². The van der Waals surface area contributed by atoms with Gasteiger partial charge < -0.3 is 14.6 Å². The Hall–Kier alpha value is -0.620. The average Bonchev–Trinajstić information content (AvgIpc) is 2.62. The molecule has 1 N–H and O–H groups in total. The number of hydrogen-bond donors (Lipinski definition) is 1. The lowest BCUT2D eigenvalue weighted by Gasteiger charge is -2.12. The molecule has 0 saturated heterocycles. The first-order valence-corrected chi connectivity index (χ1v) is 6.44. The molecule has 0 saturated carbocycles. The topological polar surface area (TPSA) is 56.5 Å². The highest BCUT2D eigenvalue weighted by Crippen LogP contribution is 2.21. The lowest BCUT2D eigenvalue weighted by molar-refractivity contribution is 0.0130. The lowest BCUT2D eigenvalue weighted by Crippen LogP contribution is -2.21. The third-order valence-corrected chi connectivity index (χ3v) is 3.12. The molecule has 0 spiro atoms. The number of hydrogen-bond acceptors (Lipinski definition) is 4. The van der Waals surface area contributed by atoms with Crippen LogP contribution in [0.15, 0.2) is 0 Å². The molecule has 0 aliphatic carbocycles. The van der Waals surface area contributed by atoms with E-state index in [0.717, 1.165) is 17.9 Å². The molecule has 1 atom stereocenters. The molecular weight excluding hydrogens is 256 g/mol. The van der Waals surface area contributed by atoms with Crippen LogP contribution in [0.4, 0.5) is 0 Å². The molecule has 1 rings (SSSR count). The summed E-state index contributed by atoms with van der Waals surface area (Å²) in [5, 5.41) is 14.8. The normalized spacial score (nSPS) is 12.9. The number of ether oxygens (including phenoxy) is 2. The van der Waals surface area contributed by atoms with Crippen LogP contribution in [0.25, 0.3) is 0 Å². The van der Waals surface area contributed by atoms with Gasteiger partial charge in [-0.1, -0.05) is 11.6 Å². The summed E-state index contributed by atoms with van der Waals surface area (Å²) in [6.45, 7) is 5.87. The van der Waals surface area contributed by atoms with Crippen molar-refractivity contribution in [1.82, 2.24) is 9.78 Å². The Kier molecular flexibility index (Phi) is 6.63. The van der Waals surface area contributed by atoms with Gasteiger partial charge in [-0.05, 0) is 13.8 Å². The van der Waals surface area contributed by atoms with Crippen LogP contribution in [-0.2, 0) is 22.4 Å². The third-order valence-electron chi connectivity index (χ3n) is 2.62. The average molecular weight is 277 g/mol. The Morgan fingerprint density at radius 3 is 2.78 bits per heavy atom. The third kappa shape index (κ3) is 4.24. The van der Waals surface area contributed by atoms with Crippen LogP contribution in [0.1, 0.15) is 18.3 Å². The molecule has 0 aromatic carbocycles. The quantitative estimate of drug-likeness (QED) is 0.730. The smallest absolute Gasteiger partial charge is 0.0848 e. The van der Waals surface area contributed by atoms with E-state index < -0.39 is 6.10 Å². The SMILES string of the molecule is CCn1nc(C)c(Cl)c1CC(O)COCCOC. The van der Waals surface area contributed by atoms with Crippen LogP contribution < -0.4 is 0 Å². The molecule has 0 bridgehead atoms. The summed E-state index contributed by atoms with van der Waals surface area (Å²) in [5.41, 5.74) is 1.65. The van der Waals surface area contributed by atoms with Gasteiger partial charge in [0.05, 0.1) is 42.3 Å². The lowest BCUT2D eigenvalue weighted by atomic mass is 10.2. The van der Waals surface area contributed by atoms with Gasteiger partial charge >= 0.3 is 0 Å². The summed E-state index contributed by atoms with van der Waals surface area (Å²) in [6.07, 6.45) is -0.138. The van der Waals surface area contributed by atoms with Crippen LogP contribution in [0.2, 0.25) is 5.02 Å². The van der Waals surface area contributed by atoms with Crippen LogP contribution in [0.3, 0.4) is 0 Å². The molecular formula is C12H21ClN2O3. The summed E-state index contributed by atoms with van der Waals surface area (Å²) >= 11 is 6.17. The minimum Gasteiger partial charge on any atom is -0.390 e. The first-order valence-electron chi connectivity index (χ1n) is 6.06. The first kappa shape index (κ1) is 15.4. The molecule has 104 valence electrons. The number of methoxy groups -OCH3 is 1. The van der Waals surface area contributed by atoms with Crippen molar-refractivity contribution >= 4 is 11.6 Å². The van der Waals surface area contributed by atoms with Crippen molar-refractivity contribution in [3.63, 3.8) is 0 Å². The molecule has 18 heavy (non-hydrogen) atoms. The van der Waals surface area contributed by atoms with E-state index in [0.29, 0.717) is 24.7 Å². The van der Waals surface area contributed by atoms with Crippen molar-refractivity contribution in [3.8, 4) is 0 Å². The zero-order valence-corrected chi connectivity index (χ0v) is 11.9. The fourth-order valence-electron chi connectivity index (χ4n) is 1.71. The summed E-state index contributed by atoms with van der Waals surface area (Å²) in [7, 11) is 1.61. The van der Waals surface area contributed by atoms with Gasteiger partial charge in [0, 0.05) is 20.1 Å². The van der Waals surface area contributed by atoms with E-state index in [4.69, 9.17) is 21.1 Å². The molecule has 0 radical (unpaired) electrons. The van der Waals surface area contributed by atoms with Crippen LogP contribution in [-0.4, -0.2) is 47.9 Å². The number of aromatic nitrogens is 2. The van der Waals surface area contributed by atoms with E-state index in [2.05, 4.69) is 5.10 Å². The zero-order valence-electron chi connectivity index (χ0n) is 11.1. The Balaban J connectivity index is 2.50. The predicted molar refractivity (Wildman–Crippen MR) is 70.1 cm³/mol. The minimum absolute atomic E-state index is 0.271. The number of rotatable bonds is 8. The monoisotopic (exact) mass is 276 g/mol. The number of aliphatic hydroxyl groups is 1. The van der Waals surface area contributed by atoms with E-state index in [1.165, 1.54) is 0 Å². The van der Waals surface area contributed by atoms with Gasteiger partial charge in [0.1, 0.15) is 0 Å². The fourth-order valence-corrected chi connectivity index (χ4v) is 1.92. The Labute approximate surface area is 113 Å². The van der Waals surface area contributed by atoms with E-state index in [1.807, 2.05) is 18.5 Å². The van der Waals surface area contributed by atoms with Gasteiger partial charge in [0.25, 0.3) is 0 Å². The summed E-state index contributed by atoms with van der Waals surface area (Å²) in [6, 6.07) is 0. The van der Waals surface area contributed by atoms with E-state index in [-0.39, 0.29) is 6.61 Å². The fraction of sp³-hybridized carbons (Fsp3) is 0.750.